The normalized spacial score (nSPS) is 12.3. The van der Waals surface area contributed by atoms with Gasteiger partial charge in [0.15, 0.2) is 5.75 Å². The van der Waals surface area contributed by atoms with Crippen molar-refractivity contribution in [2.24, 2.45) is 5.92 Å². The molecule has 1 atom stereocenters. The van der Waals surface area contributed by atoms with Crippen LogP contribution < -0.4 is 4.74 Å². The molecule has 0 N–H and O–H groups in total. The zero-order chi connectivity index (χ0) is 22.9. The molecule has 0 aliphatic carbocycles. The van der Waals surface area contributed by atoms with Crippen molar-refractivity contribution in [1.82, 2.24) is 4.98 Å². The number of pyridine rings is 1. The number of allylic oxidation sites excluding steroid dienone is 2. The van der Waals surface area contributed by atoms with Gasteiger partial charge in [-0.05, 0) is 45.1 Å². The number of aromatic nitrogens is 1. The third-order valence-electron chi connectivity index (χ3n) is 3.88. The average molecular weight is 415 g/mol. The van der Waals surface area contributed by atoms with Crippen LogP contribution in [-0.4, -0.2) is 28.1 Å². The smallest absolute Gasteiger partial charge is 0.330 e. The fourth-order valence-electron chi connectivity index (χ4n) is 2.52. The van der Waals surface area contributed by atoms with Crippen molar-refractivity contribution in [3.8, 4) is 11.8 Å². The van der Waals surface area contributed by atoms with Crippen LogP contribution in [0.5, 0.6) is 5.75 Å². The standard InChI is InChI=1S/C22H29N3O5/c1-7-9-16(3)21-19(12-18(25(27)28)17(13-23)24-21)29-14-15(2)10-8-11-20(26)30-22(4,5)6/h8,11-12,15H,3,7,9-10,14H2,1-2,4-6H3/b11-8+/t15-/m1/s1. The van der Waals surface area contributed by atoms with Gasteiger partial charge in [-0.25, -0.2) is 9.78 Å². The Labute approximate surface area is 177 Å². The van der Waals surface area contributed by atoms with Crippen LogP contribution in [0.4, 0.5) is 5.69 Å². The Morgan fingerprint density at radius 1 is 1.47 bits per heavy atom. The molecule has 1 aromatic heterocycles. The Hall–Kier alpha value is -3.21. The van der Waals surface area contributed by atoms with Gasteiger partial charge in [0.2, 0.25) is 5.69 Å². The van der Waals surface area contributed by atoms with Gasteiger partial charge in [-0.1, -0.05) is 32.9 Å². The van der Waals surface area contributed by atoms with Gasteiger partial charge in [0, 0.05) is 6.08 Å². The van der Waals surface area contributed by atoms with Crippen molar-refractivity contribution in [3.05, 3.63) is 46.3 Å². The predicted molar refractivity (Wildman–Crippen MR) is 114 cm³/mol. The lowest BCUT2D eigenvalue weighted by molar-refractivity contribution is -0.385. The lowest BCUT2D eigenvalue weighted by atomic mass is 10.1. The lowest BCUT2D eigenvalue weighted by Crippen LogP contribution is -2.22. The van der Waals surface area contributed by atoms with E-state index >= 15 is 0 Å². The van der Waals surface area contributed by atoms with Gasteiger partial charge in [-0.2, -0.15) is 5.26 Å². The summed E-state index contributed by atoms with van der Waals surface area (Å²) in [5.74, 6) is -0.173. The zero-order valence-corrected chi connectivity index (χ0v) is 18.2. The molecule has 0 aromatic carbocycles. The summed E-state index contributed by atoms with van der Waals surface area (Å²) in [6.07, 6.45) is 5.07. The topological polar surface area (TPSA) is 115 Å². The Bertz CT molecular complexity index is 863. The minimum atomic E-state index is -0.655. The summed E-state index contributed by atoms with van der Waals surface area (Å²) < 4.78 is 11.0. The first kappa shape index (κ1) is 24.8. The van der Waals surface area contributed by atoms with Crippen LogP contribution in [0.2, 0.25) is 0 Å². The highest BCUT2D eigenvalue weighted by Gasteiger charge is 2.22. The number of esters is 1. The number of carbonyl (C=O) groups is 1. The van der Waals surface area contributed by atoms with Gasteiger partial charge in [0.1, 0.15) is 17.4 Å². The third kappa shape index (κ3) is 8.03. The Balaban J connectivity index is 2.91. The predicted octanol–water partition coefficient (Wildman–Crippen LogP) is 4.98. The molecule has 162 valence electrons. The fraction of sp³-hybridized carbons (Fsp3) is 0.500. The molecule has 0 aliphatic rings. The van der Waals surface area contributed by atoms with Gasteiger partial charge in [0.05, 0.1) is 17.6 Å². The molecule has 1 rings (SSSR count). The molecule has 0 amide bonds. The number of carbonyl (C=O) groups excluding carboxylic acids is 1. The summed E-state index contributed by atoms with van der Waals surface area (Å²) in [5, 5.41) is 20.5. The minimum Gasteiger partial charge on any atom is -0.491 e. The maximum Gasteiger partial charge on any atom is 0.330 e. The molecule has 0 radical (unpaired) electrons. The fourth-order valence-corrected chi connectivity index (χ4v) is 2.52. The Morgan fingerprint density at radius 2 is 2.13 bits per heavy atom. The molecule has 0 bridgehead atoms. The summed E-state index contributed by atoms with van der Waals surface area (Å²) in [6.45, 7) is 13.5. The molecule has 1 heterocycles. The first-order chi connectivity index (χ1) is 14.0. The molecule has 0 saturated carbocycles. The molecule has 0 fully saturated rings. The summed E-state index contributed by atoms with van der Waals surface area (Å²) in [7, 11) is 0. The molecule has 8 nitrogen and oxygen atoms in total. The molecule has 0 aliphatic heterocycles. The monoisotopic (exact) mass is 415 g/mol. The van der Waals surface area contributed by atoms with Crippen molar-refractivity contribution < 1.29 is 19.2 Å². The molecular formula is C22H29N3O5. The van der Waals surface area contributed by atoms with Crippen LogP contribution >= 0.6 is 0 Å². The zero-order valence-electron chi connectivity index (χ0n) is 18.2. The van der Waals surface area contributed by atoms with Crippen molar-refractivity contribution in [2.75, 3.05) is 6.61 Å². The lowest BCUT2D eigenvalue weighted by Gasteiger charge is -2.18. The van der Waals surface area contributed by atoms with Gasteiger partial charge >= 0.3 is 11.7 Å². The number of nitrogens with zero attached hydrogens (tertiary/aromatic N) is 3. The SMILES string of the molecule is C=C(CCC)c1nc(C#N)c([N+](=O)[O-])cc1OC[C@H](C)C/C=C/C(=O)OC(C)(C)C. The van der Waals surface area contributed by atoms with Crippen LogP contribution in [0, 0.1) is 27.4 Å². The largest absolute Gasteiger partial charge is 0.491 e. The summed E-state index contributed by atoms with van der Waals surface area (Å²) in [6, 6.07) is 2.99. The summed E-state index contributed by atoms with van der Waals surface area (Å²) >= 11 is 0. The number of nitriles is 1. The third-order valence-corrected chi connectivity index (χ3v) is 3.88. The van der Waals surface area contributed by atoms with Gasteiger partial charge in [-0.3, -0.25) is 10.1 Å². The molecule has 0 saturated heterocycles. The maximum absolute atomic E-state index is 11.7. The van der Waals surface area contributed by atoms with E-state index in [4.69, 9.17) is 9.47 Å². The van der Waals surface area contributed by atoms with Crippen molar-refractivity contribution in [2.45, 2.75) is 59.5 Å². The van der Waals surface area contributed by atoms with E-state index in [0.29, 0.717) is 24.1 Å². The minimum absolute atomic E-state index is 0.0191. The van der Waals surface area contributed by atoms with Crippen LogP contribution in [0.1, 0.15) is 65.3 Å². The number of hydrogen-bond acceptors (Lipinski definition) is 7. The second-order valence-corrected chi connectivity index (χ2v) is 8.01. The van der Waals surface area contributed by atoms with Gasteiger partial charge in [-0.15, -0.1) is 0 Å². The second-order valence-electron chi connectivity index (χ2n) is 8.01. The number of hydrogen-bond donors (Lipinski definition) is 0. The second kappa shape index (κ2) is 11.1. The van der Waals surface area contributed by atoms with Crippen molar-refractivity contribution in [3.63, 3.8) is 0 Å². The Kier molecular flexibility index (Phi) is 9.18. The molecular weight excluding hydrogens is 386 g/mol. The van der Waals surface area contributed by atoms with E-state index in [0.717, 1.165) is 6.42 Å². The van der Waals surface area contributed by atoms with Crippen LogP contribution in [0.15, 0.2) is 24.8 Å². The van der Waals surface area contributed by atoms with Crippen LogP contribution in [0.3, 0.4) is 0 Å². The van der Waals surface area contributed by atoms with Crippen LogP contribution in [-0.2, 0) is 9.53 Å². The van der Waals surface area contributed by atoms with E-state index in [1.807, 2.05) is 13.8 Å². The highest BCUT2D eigenvalue weighted by Crippen LogP contribution is 2.32. The number of nitro groups is 1. The van der Waals surface area contributed by atoms with Crippen LogP contribution in [0.25, 0.3) is 5.57 Å². The van der Waals surface area contributed by atoms with E-state index in [1.165, 1.54) is 12.1 Å². The maximum atomic E-state index is 11.7. The number of ether oxygens (including phenoxy) is 2. The quantitative estimate of drug-likeness (QED) is 0.229. The van der Waals surface area contributed by atoms with E-state index in [2.05, 4.69) is 11.6 Å². The van der Waals surface area contributed by atoms with Gasteiger partial charge in [0.25, 0.3) is 0 Å². The number of rotatable bonds is 10. The van der Waals surface area contributed by atoms with E-state index < -0.39 is 22.2 Å². The summed E-state index contributed by atoms with van der Waals surface area (Å²) in [4.78, 5) is 26.5. The van der Waals surface area contributed by atoms with E-state index in [1.54, 1.807) is 32.9 Å². The van der Waals surface area contributed by atoms with E-state index in [9.17, 15) is 20.2 Å². The van der Waals surface area contributed by atoms with E-state index in [-0.39, 0.29) is 24.0 Å². The first-order valence-corrected chi connectivity index (χ1v) is 9.78. The molecule has 0 unspecified atom stereocenters. The Morgan fingerprint density at radius 3 is 2.67 bits per heavy atom. The molecule has 30 heavy (non-hydrogen) atoms. The van der Waals surface area contributed by atoms with Gasteiger partial charge < -0.3 is 9.47 Å². The summed E-state index contributed by atoms with van der Waals surface area (Å²) in [5.41, 5.74) is -0.220. The molecule has 0 spiro atoms. The average Bonchev–Trinajstić information content (AvgIpc) is 2.64. The van der Waals surface area contributed by atoms with Crippen molar-refractivity contribution in [1.29, 1.82) is 5.26 Å². The highest BCUT2D eigenvalue weighted by atomic mass is 16.6. The first-order valence-electron chi connectivity index (χ1n) is 9.78. The highest BCUT2D eigenvalue weighted by molar-refractivity contribution is 5.82. The molecule has 8 heteroatoms. The van der Waals surface area contributed by atoms with Crippen molar-refractivity contribution >= 4 is 17.2 Å². The molecule has 1 aromatic rings.